The summed E-state index contributed by atoms with van der Waals surface area (Å²) in [6.07, 6.45) is 3.91. The molecule has 0 unspecified atom stereocenters. The molecule has 4 atom stereocenters. The molecule has 1 fully saturated rings. The summed E-state index contributed by atoms with van der Waals surface area (Å²) in [6, 6.07) is 7.25. The number of nitrogen functional groups attached to an aromatic ring is 1. The van der Waals surface area contributed by atoms with Gasteiger partial charge in [-0.3, -0.25) is 4.57 Å². The van der Waals surface area contributed by atoms with E-state index in [1.807, 2.05) is 32.0 Å². The summed E-state index contributed by atoms with van der Waals surface area (Å²) in [6.45, 7) is 3.22. The molecule has 3 rings (SSSR count). The van der Waals surface area contributed by atoms with Crippen LogP contribution in [0, 0.1) is 26.2 Å². The van der Waals surface area contributed by atoms with E-state index in [0.717, 1.165) is 20.9 Å². The Labute approximate surface area is 164 Å². The quantitative estimate of drug-likeness (QED) is 0.334. The van der Waals surface area contributed by atoms with E-state index in [0.29, 0.717) is 0 Å². The largest absolute Gasteiger partial charge is 0.394 e. The lowest BCUT2D eigenvalue weighted by Gasteiger charge is -2.35. The molecule has 8 nitrogen and oxygen atoms in total. The number of aryl methyl sites for hydroxylation is 2. The SMILES string of the molecule is C#C[C@]1(O)[C@@H](O)[C@]([SiH2]c2cc(C)ccc2C)(n2ccc(N)nc2=O)O[C@@H]1CO. The second-order valence-electron chi connectivity index (χ2n) is 7.12. The number of aliphatic hydroxyl groups is 3. The first-order chi connectivity index (χ1) is 13.2. The van der Waals surface area contributed by atoms with Gasteiger partial charge in [-0.1, -0.05) is 40.4 Å². The summed E-state index contributed by atoms with van der Waals surface area (Å²) in [4.78, 5) is 16.3. The summed E-state index contributed by atoms with van der Waals surface area (Å²) in [5.41, 5.74) is 4.65. The van der Waals surface area contributed by atoms with Crippen LogP contribution in [0.3, 0.4) is 0 Å². The van der Waals surface area contributed by atoms with Gasteiger partial charge in [0.25, 0.3) is 0 Å². The lowest BCUT2D eigenvalue weighted by atomic mass is 9.93. The number of anilines is 1. The first kappa shape index (κ1) is 20.3. The van der Waals surface area contributed by atoms with Crippen LogP contribution in [0.25, 0.3) is 0 Å². The number of rotatable bonds is 4. The second-order valence-corrected chi connectivity index (χ2v) is 9.25. The van der Waals surface area contributed by atoms with Gasteiger partial charge in [-0.2, -0.15) is 4.98 Å². The second kappa shape index (κ2) is 7.16. The minimum Gasteiger partial charge on any atom is -0.394 e. The maximum absolute atomic E-state index is 12.6. The van der Waals surface area contributed by atoms with Gasteiger partial charge in [0.2, 0.25) is 0 Å². The fraction of sp³-hybridized carbons (Fsp3) is 0.368. The van der Waals surface area contributed by atoms with Crippen LogP contribution in [-0.2, 0) is 10.1 Å². The van der Waals surface area contributed by atoms with E-state index in [1.54, 1.807) is 0 Å². The van der Waals surface area contributed by atoms with Gasteiger partial charge < -0.3 is 25.8 Å². The summed E-state index contributed by atoms with van der Waals surface area (Å²) in [7, 11) is -1.65. The van der Waals surface area contributed by atoms with Gasteiger partial charge in [-0.15, -0.1) is 6.42 Å². The molecule has 0 bridgehead atoms. The van der Waals surface area contributed by atoms with Crippen molar-refractivity contribution in [1.82, 2.24) is 9.55 Å². The molecule has 9 heteroatoms. The predicted molar refractivity (Wildman–Crippen MR) is 107 cm³/mol. The van der Waals surface area contributed by atoms with Crippen LogP contribution < -0.4 is 16.6 Å². The Kier molecular flexibility index (Phi) is 5.18. The third kappa shape index (κ3) is 3.05. The zero-order valence-electron chi connectivity index (χ0n) is 15.7. The van der Waals surface area contributed by atoms with Gasteiger partial charge in [0.05, 0.1) is 6.61 Å². The number of aromatic nitrogens is 2. The molecule has 0 aliphatic carbocycles. The number of hydrogen-bond acceptors (Lipinski definition) is 7. The Morgan fingerprint density at radius 3 is 2.71 bits per heavy atom. The maximum atomic E-state index is 12.6. The van der Waals surface area contributed by atoms with Crippen molar-refractivity contribution >= 4 is 20.5 Å². The molecule has 1 aliphatic rings. The van der Waals surface area contributed by atoms with Crippen molar-refractivity contribution in [3.63, 3.8) is 0 Å². The van der Waals surface area contributed by atoms with Crippen molar-refractivity contribution in [3.05, 3.63) is 52.1 Å². The standard InChI is InChI=1S/C19H23N3O5Si/c1-4-18(26)14(10-23)27-19(16(18)24,22-8-7-15(20)21-17(22)25)28-13-9-11(2)5-6-12(13)3/h1,5-9,14,16,23-24,26H,10,28H2,2-3H3,(H2,20,21,25)/t14-,16-,18-,19+/m1/s1. The molecule has 5 N–H and O–H groups in total. The third-order valence-electron chi connectivity index (χ3n) is 5.26. The minimum atomic E-state index is -2.17. The summed E-state index contributed by atoms with van der Waals surface area (Å²) in [5, 5.41) is 31.0. The molecule has 1 aromatic heterocycles. The number of benzene rings is 1. The number of terminal acetylenes is 1. The molecule has 0 radical (unpaired) electrons. The zero-order valence-corrected chi connectivity index (χ0v) is 17.1. The van der Waals surface area contributed by atoms with Gasteiger partial charge in [-0.05, 0) is 19.9 Å². The van der Waals surface area contributed by atoms with E-state index in [-0.39, 0.29) is 5.82 Å². The molecule has 0 amide bonds. The number of aliphatic hydroxyl groups excluding tert-OH is 2. The first-order valence-electron chi connectivity index (χ1n) is 8.76. The molecule has 1 aliphatic heterocycles. The van der Waals surface area contributed by atoms with Crippen LogP contribution in [0.4, 0.5) is 5.82 Å². The lowest BCUT2D eigenvalue weighted by Crippen LogP contribution is -2.60. The molecule has 2 aromatic rings. The Bertz CT molecular complexity index is 1000. The van der Waals surface area contributed by atoms with Crippen molar-refractivity contribution < 1.29 is 20.1 Å². The number of nitrogens with two attached hydrogens (primary N) is 1. The van der Waals surface area contributed by atoms with Gasteiger partial charge in [0.1, 0.15) is 27.5 Å². The average molecular weight is 401 g/mol. The minimum absolute atomic E-state index is 0.0169. The maximum Gasteiger partial charge on any atom is 0.351 e. The predicted octanol–water partition coefficient (Wildman–Crippen LogP) is -2.34. The molecule has 28 heavy (non-hydrogen) atoms. The smallest absolute Gasteiger partial charge is 0.351 e. The average Bonchev–Trinajstić information content (AvgIpc) is 2.87. The molecule has 1 aromatic carbocycles. The Hall–Kier alpha value is -2.48. The molecule has 1 saturated heterocycles. The van der Waals surface area contributed by atoms with Crippen molar-refractivity contribution in [2.24, 2.45) is 0 Å². The van der Waals surface area contributed by atoms with Gasteiger partial charge in [0.15, 0.2) is 10.9 Å². The fourth-order valence-electron chi connectivity index (χ4n) is 3.65. The van der Waals surface area contributed by atoms with E-state index in [9.17, 15) is 20.1 Å². The molecule has 0 spiro atoms. The monoisotopic (exact) mass is 401 g/mol. The topological polar surface area (TPSA) is 131 Å². The van der Waals surface area contributed by atoms with Crippen molar-refractivity contribution in [2.45, 2.75) is 37.0 Å². The van der Waals surface area contributed by atoms with E-state index in [4.69, 9.17) is 16.9 Å². The van der Waals surface area contributed by atoms with Crippen LogP contribution in [0.2, 0.25) is 0 Å². The van der Waals surface area contributed by atoms with Crippen LogP contribution in [0.15, 0.2) is 35.3 Å². The van der Waals surface area contributed by atoms with E-state index >= 15 is 0 Å². The summed E-state index contributed by atoms with van der Waals surface area (Å²) < 4.78 is 7.10. The van der Waals surface area contributed by atoms with Gasteiger partial charge in [-0.25, -0.2) is 4.79 Å². The summed E-state index contributed by atoms with van der Waals surface area (Å²) >= 11 is 0. The number of hydrogen-bond donors (Lipinski definition) is 4. The number of nitrogens with zero attached hydrogens (tertiary/aromatic N) is 2. The Morgan fingerprint density at radius 1 is 1.43 bits per heavy atom. The fourth-order valence-corrected chi connectivity index (χ4v) is 6.22. The Balaban J connectivity index is 2.25. The highest BCUT2D eigenvalue weighted by Crippen LogP contribution is 2.40. The molecule has 148 valence electrons. The van der Waals surface area contributed by atoms with E-state index in [2.05, 4.69) is 10.9 Å². The Morgan fingerprint density at radius 2 is 2.14 bits per heavy atom. The number of ether oxygens (including phenoxy) is 1. The summed E-state index contributed by atoms with van der Waals surface area (Å²) in [5.74, 6) is 2.16. The van der Waals surface area contributed by atoms with Gasteiger partial charge in [0, 0.05) is 6.20 Å². The van der Waals surface area contributed by atoms with E-state index < -0.39 is 45.0 Å². The van der Waals surface area contributed by atoms with Crippen molar-refractivity contribution in [2.75, 3.05) is 12.3 Å². The molecular formula is C19H23N3O5Si. The highest BCUT2D eigenvalue weighted by molar-refractivity contribution is 6.56. The zero-order chi connectivity index (χ0) is 20.7. The van der Waals surface area contributed by atoms with Crippen molar-refractivity contribution in [1.29, 1.82) is 0 Å². The third-order valence-corrected chi connectivity index (χ3v) is 7.80. The highest BCUT2D eigenvalue weighted by Gasteiger charge is 2.63. The first-order valence-corrected chi connectivity index (χ1v) is 10.2. The van der Waals surface area contributed by atoms with E-state index in [1.165, 1.54) is 12.3 Å². The van der Waals surface area contributed by atoms with Gasteiger partial charge >= 0.3 is 5.69 Å². The van der Waals surface area contributed by atoms with Crippen LogP contribution in [-0.4, -0.2) is 58.8 Å². The van der Waals surface area contributed by atoms with Crippen LogP contribution in [0.1, 0.15) is 11.1 Å². The van der Waals surface area contributed by atoms with Crippen LogP contribution in [0.5, 0.6) is 0 Å². The normalized spacial score (nSPS) is 30.0. The molecular weight excluding hydrogens is 378 g/mol. The molecule has 2 heterocycles. The van der Waals surface area contributed by atoms with Crippen molar-refractivity contribution in [3.8, 4) is 12.3 Å². The lowest BCUT2D eigenvalue weighted by molar-refractivity contribution is -0.0911. The molecule has 0 saturated carbocycles. The highest BCUT2D eigenvalue weighted by atomic mass is 28.2. The van der Waals surface area contributed by atoms with Crippen LogP contribution >= 0.6 is 0 Å².